The molecule has 1 nitrogen and oxygen atoms in total. The van der Waals surface area contributed by atoms with Crippen molar-refractivity contribution in [1.29, 1.82) is 0 Å². The lowest BCUT2D eigenvalue weighted by atomic mass is 9.65. The van der Waals surface area contributed by atoms with Crippen LogP contribution < -0.4 is 5.73 Å². The van der Waals surface area contributed by atoms with Gasteiger partial charge >= 0.3 is 0 Å². The van der Waals surface area contributed by atoms with E-state index in [1.807, 2.05) is 0 Å². The van der Waals surface area contributed by atoms with Crippen molar-refractivity contribution in [2.24, 2.45) is 17.1 Å². The Morgan fingerprint density at radius 3 is 2.78 bits per heavy atom. The van der Waals surface area contributed by atoms with Gasteiger partial charge in [-0.2, -0.15) is 0 Å². The zero-order valence-corrected chi connectivity index (χ0v) is 12.1. The van der Waals surface area contributed by atoms with Crippen LogP contribution in [0.2, 0.25) is 0 Å². The van der Waals surface area contributed by atoms with E-state index in [1.54, 1.807) is 0 Å². The number of nitrogens with two attached hydrogens (primary N) is 1. The van der Waals surface area contributed by atoms with Gasteiger partial charge in [0.05, 0.1) is 0 Å². The van der Waals surface area contributed by atoms with Gasteiger partial charge in [0.1, 0.15) is 0 Å². The van der Waals surface area contributed by atoms with Crippen LogP contribution in [-0.2, 0) is 6.42 Å². The first-order valence-electron chi connectivity index (χ1n) is 7.30. The Kier molecular flexibility index (Phi) is 4.11. The van der Waals surface area contributed by atoms with Crippen LogP contribution in [0, 0.1) is 18.3 Å². The quantitative estimate of drug-likeness (QED) is 0.853. The zero-order valence-electron chi connectivity index (χ0n) is 12.1. The summed E-state index contributed by atoms with van der Waals surface area (Å²) >= 11 is 0. The van der Waals surface area contributed by atoms with E-state index in [2.05, 4.69) is 45.0 Å². The fourth-order valence-electron chi connectivity index (χ4n) is 3.57. The van der Waals surface area contributed by atoms with E-state index in [0.29, 0.717) is 17.4 Å². The van der Waals surface area contributed by atoms with Gasteiger partial charge in [0.15, 0.2) is 0 Å². The van der Waals surface area contributed by atoms with Crippen molar-refractivity contribution >= 4 is 0 Å². The summed E-state index contributed by atoms with van der Waals surface area (Å²) in [7, 11) is 0. The average molecular weight is 245 g/mol. The summed E-state index contributed by atoms with van der Waals surface area (Å²) in [6, 6.07) is 9.09. The molecule has 1 aliphatic carbocycles. The number of rotatable bonds is 3. The summed E-state index contributed by atoms with van der Waals surface area (Å²) in [5.74, 6) is 0.673. The molecule has 0 spiro atoms. The lowest BCUT2D eigenvalue weighted by Gasteiger charge is -2.42. The number of hydrogen-bond acceptors (Lipinski definition) is 1. The van der Waals surface area contributed by atoms with Crippen molar-refractivity contribution in [2.75, 3.05) is 0 Å². The standard InChI is InChI=1S/C17H27N/c1-13-7-6-8-14(11-13)12-16(18)15-9-4-5-10-17(15,2)3/h6-8,11,15-16H,4-5,9-10,12,18H2,1-3H3. The highest BCUT2D eigenvalue weighted by molar-refractivity contribution is 5.23. The van der Waals surface area contributed by atoms with E-state index in [9.17, 15) is 0 Å². The number of benzene rings is 1. The van der Waals surface area contributed by atoms with Crippen molar-refractivity contribution in [1.82, 2.24) is 0 Å². The molecule has 1 aliphatic rings. The molecule has 2 unspecified atom stereocenters. The number of hydrogen-bond donors (Lipinski definition) is 1. The maximum absolute atomic E-state index is 6.51. The van der Waals surface area contributed by atoms with Crippen LogP contribution in [-0.4, -0.2) is 6.04 Å². The van der Waals surface area contributed by atoms with Gasteiger partial charge in [-0.05, 0) is 43.1 Å². The normalized spacial score (nSPS) is 24.8. The first kappa shape index (κ1) is 13.6. The smallest absolute Gasteiger partial charge is 0.0113 e. The van der Waals surface area contributed by atoms with Crippen LogP contribution in [0.15, 0.2) is 24.3 Å². The molecule has 1 aromatic carbocycles. The molecule has 0 saturated heterocycles. The summed E-state index contributed by atoms with van der Waals surface area (Å²) in [6.45, 7) is 6.94. The van der Waals surface area contributed by atoms with Gasteiger partial charge in [0.2, 0.25) is 0 Å². The molecule has 1 fully saturated rings. The summed E-state index contributed by atoms with van der Waals surface area (Å²) in [5, 5.41) is 0. The van der Waals surface area contributed by atoms with Gasteiger partial charge < -0.3 is 5.73 Å². The number of aryl methyl sites for hydroxylation is 1. The molecule has 2 N–H and O–H groups in total. The van der Waals surface area contributed by atoms with E-state index < -0.39 is 0 Å². The van der Waals surface area contributed by atoms with Gasteiger partial charge in [-0.25, -0.2) is 0 Å². The van der Waals surface area contributed by atoms with E-state index in [4.69, 9.17) is 5.73 Å². The maximum atomic E-state index is 6.51. The second-order valence-electron chi connectivity index (χ2n) is 6.70. The highest BCUT2D eigenvalue weighted by Gasteiger charge is 2.35. The third-order valence-electron chi connectivity index (χ3n) is 4.66. The topological polar surface area (TPSA) is 26.0 Å². The van der Waals surface area contributed by atoms with Gasteiger partial charge in [-0.1, -0.05) is 56.5 Å². The SMILES string of the molecule is Cc1cccc(CC(N)C2CCCCC2(C)C)c1. The molecule has 0 aromatic heterocycles. The molecule has 2 atom stereocenters. The molecule has 100 valence electrons. The Bertz CT molecular complexity index is 394. The molecular weight excluding hydrogens is 218 g/mol. The molecule has 0 heterocycles. The zero-order chi connectivity index (χ0) is 13.2. The van der Waals surface area contributed by atoms with Crippen LogP contribution in [0.25, 0.3) is 0 Å². The van der Waals surface area contributed by atoms with Crippen molar-refractivity contribution in [2.45, 2.75) is 58.9 Å². The molecule has 0 bridgehead atoms. The fraction of sp³-hybridized carbons (Fsp3) is 0.647. The molecular formula is C17H27N. The van der Waals surface area contributed by atoms with E-state index in [0.717, 1.165) is 6.42 Å². The minimum absolute atomic E-state index is 0.307. The molecule has 18 heavy (non-hydrogen) atoms. The lowest BCUT2D eigenvalue weighted by Crippen LogP contribution is -2.42. The summed E-state index contributed by atoms with van der Waals surface area (Å²) in [4.78, 5) is 0. The van der Waals surface area contributed by atoms with Crippen LogP contribution >= 0.6 is 0 Å². The van der Waals surface area contributed by atoms with E-state index in [1.165, 1.54) is 36.8 Å². The predicted octanol–water partition coefficient (Wildman–Crippen LogP) is 4.08. The predicted molar refractivity (Wildman–Crippen MR) is 78.6 cm³/mol. The van der Waals surface area contributed by atoms with Crippen LogP contribution in [0.5, 0.6) is 0 Å². The third-order valence-corrected chi connectivity index (χ3v) is 4.66. The highest BCUT2D eigenvalue weighted by Crippen LogP contribution is 2.42. The molecule has 1 heteroatoms. The third kappa shape index (κ3) is 3.14. The Morgan fingerprint density at radius 2 is 2.11 bits per heavy atom. The largest absolute Gasteiger partial charge is 0.327 e. The van der Waals surface area contributed by atoms with E-state index in [-0.39, 0.29) is 0 Å². The maximum Gasteiger partial charge on any atom is 0.0113 e. The van der Waals surface area contributed by atoms with Crippen molar-refractivity contribution in [3.63, 3.8) is 0 Å². The monoisotopic (exact) mass is 245 g/mol. The Hall–Kier alpha value is -0.820. The van der Waals surface area contributed by atoms with Gasteiger partial charge in [0.25, 0.3) is 0 Å². The summed E-state index contributed by atoms with van der Waals surface area (Å²) < 4.78 is 0. The van der Waals surface area contributed by atoms with Crippen molar-refractivity contribution in [3.8, 4) is 0 Å². The molecule has 0 amide bonds. The van der Waals surface area contributed by atoms with Crippen LogP contribution in [0.4, 0.5) is 0 Å². The second-order valence-corrected chi connectivity index (χ2v) is 6.70. The van der Waals surface area contributed by atoms with Gasteiger partial charge in [-0.15, -0.1) is 0 Å². The summed E-state index contributed by atoms with van der Waals surface area (Å²) in [6.07, 6.45) is 6.39. The summed E-state index contributed by atoms with van der Waals surface area (Å²) in [5.41, 5.74) is 9.65. The molecule has 0 aliphatic heterocycles. The van der Waals surface area contributed by atoms with Gasteiger partial charge in [-0.3, -0.25) is 0 Å². The molecule has 0 radical (unpaired) electrons. The van der Waals surface area contributed by atoms with Gasteiger partial charge in [0, 0.05) is 6.04 Å². The van der Waals surface area contributed by atoms with Crippen molar-refractivity contribution < 1.29 is 0 Å². The second kappa shape index (κ2) is 5.44. The molecule has 1 aromatic rings. The minimum Gasteiger partial charge on any atom is -0.327 e. The first-order valence-corrected chi connectivity index (χ1v) is 7.30. The highest BCUT2D eigenvalue weighted by atomic mass is 14.7. The van der Waals surface area contributed by atoms with E-state index >= 15 is 0 Å². The van der Waals surface area contributed by atoms with Crippen LogP contribution in [0.1, 0.15) is 50.7 Å². The Balaban J connectivity index is 2.05. The van der Waals surface area contributed by atoms with Crippen LogP contribution in [0.3, 0.4) is 0 Å². The minimum atomic E-state index is 0.307. The fourth-order valence-corrected chi connectivity index (χ4v) is 3.57. The van der Waals surface area contributed by atoms with Crippen molar-refractivity contribution in [3.05, 3.63) is 35.4 Å². The average Bonchev–Trinajstić information content (AvgIpc) is 2.28. The first-order chi connectivity index (χ1) is 8.49. The molecule has 2 rings (SSSR count). The Morgan fingerprint density at radius 1 is 1.33 bits per heavy atom. The lowest BCUT2D eigenvalue weighted by molar-refractivity contribution is 0.112. The Labute approximate surface area is 112 Å². The molecule has 1 saturated carbocycles.